The lowest BCUT2D eigenvalue weighted by atomic mass is 9.99. The molecule has 100 valence electrons. The second-order valence-electron chi connectivity index (χ2n) is 4.02. The molecule has 2 rings (SSSR count). The van der Waals surface area contributed by atoms with Gasteiger partial charge in [-0.2, -0.15) is 0 Å². The van der Waals surface area contributed by atoms with Crippen molar-refractivity contribution in [1.29, 1.82) is 0 Å². The van der Waals surface area contributed by atoms with Crippen molar-refractivity contribution in [3.63, 3.8) is 0 Å². The van der Waals surface area contributed by atoms with Crippen LogP contribution < -0.4 is 16.0 Å². The van der Waals surface area contributed by atoms with Gasteiger partial charge in [0.25, 0.3) is 0 Å². The molecule has 0 spiro atoms. The molecule has 0 bridgehead atoms. The van der Waals surface area contributed by atoms with Gasteiger partial charge >= 0.3 is 0 Å². The van der Waals surface area contributed by atoms with Crippen molar-refractivity contribution in [2.24, 2.45) is 5.84 Å². The average Bonchev–Trinajstić information content (AvgIpc) is 2.43. The van der Waals surface area contributed by atoms with Gasteiger partial charge < -0.3 is 4.74 Å². The zero-order valence-electron chi connectivity index (χ0n) is 10.4. The number of nitrogens with one attached hydrogen (secondary N) is 1. The minimum Gasteiger partial charge on any atom is -0.495 e. The molecule has 0 heterocycles. The summed E-state index contributed by atoms with van der Waals surface area (Å²) < 4.78 is 6.39. The molecule has 1 atom stereocenters. The molecule has 0 radical (unpaired) electrons. The highest BCUT2D eigenvalue weighted by atomic mass is 127. The Balaban J connectivity index is 2.45. The Morgan fingerprint density at radius 1 is 1.26 bits per heavy atom. The second kappa shape index (κ2) is 6.56. The van der Waals surface area contributed by atoms with Gasteiger partial charge in [-0.3, -0.25) is 5.84 Å². The smallest absolute Gasteiger partial charge is 0.137 e. The van der Waals surface area contributed by atoms with Crippen molar-refractivity contribution in [3.05, 3.63) is 62.2 Å². The molecule has 19 heavy (non-hydrogen) atoms. The van der Waals surface area contributed by atoms with E-state index >= 15 is 0 Å². The number of hydrogen-bond acceptors (Lipinski definition) is 3. The quantitative estimate of drug-likeness (QED) is 0.479. The fraction of sp³-hybridized carbons (Fsp3) is 0.143. The molecule has 5 heteroatoms. The Hall–Kier alpha value is -0.820. The van der Waals surface area contributed by atoms with E-state index in [1.807, 2.05) is 42.5 Å². The number of halogens is 2. The van der Waals surface area contributed by atoms with Gasteiger partial charge in [0.2, 0.25) is 0 Å². The van der Waals surface area contributed by atoms with Crippen molar-refractivity contribution < 1.29 is 4.74 Å². The predicted molar refractivity (Wildman–Crippen MR) is 86.3 cm³/mol. The first-order valence-corrected chi connectivity index (χ1v) is 7.17. The summed E-state index contributed by atoms with van der Waals surface area (Å²) in [7, 11) is 1.60. The molecule has 2 aromatic rings. The maximum absolute atomic E-state index is 6.04. The van der Waals surface area contributed by atoms with Crippen molar-refractivity contribution in [1.82, 2.24) is 5.43 Å². The van der Waals surface area contributed by atoms with Crippen molar-refractivity contribution in [2.45, 2.75) is 6.04 Å². The highest BCUT2D eigenvalue weighted by Crippen LogP contribution is 2.31. The summed E-state index contributed by atoms with van der Waals surface area (Å²) in [5.74, 6) is 6.35. The topological polar surface area (TPSA) is 47.3 Å². The summed E-state index contributed by atoms with van der Waals surface area (Å²) in [5, 5.41) is 0.588. The summed E-state index contributed by atoms with van der Waals surface area (Å²) >= 11 is 8.34. The van der Waals surface area contributed by atoms with Crippen LogP contribution in [0, 0.1) is 3.57 Å². The minimum absolute atomic E-state index is 0.0979. The van der Waals surface area contributed by atoms with E-state index in [1.54, 1.807) is 7.11 Å². The zero-order chi connectivity index (χ0) is 13.8. The molecular formula is C14H14ClIN2O. The third-order valence-electron chi connectivity index (χ3n) is 2.89. The molecule has 3 N–H and O–H groups in total. The van der Waals surface area contributed by atoms with Crippen LogP contribution in [0.5, 0.6) is 5.75 Å². The van der Waals surface area contributed by atoms with Crippen LogP contribution in [-0.2, 0) is 0 Å². The van der Waals surface area contributed by atoms with Crippen molar-refractivity contribution in [2.75, 3.05) is 7.11 Å². The summed E-state index contributed by atoms with van der Waals surface area (Å²) in [5.41, 5.74) is 4.97. The van der Waals surface area contributed by atoms with Gasteiger partial charge in [-0.05, 0) is 51.9 Å². The zero-order valence-corrected chi connectivity index (χ0v) is 13.3. The van der Waals surface area contributed by atoms with E-state index in [-0.39, 0.29) is 6.04 Å². The summed E-state index contributed by atoms with van der Waals surface area (Å²) in [4.78, 5) is 0. The van der Waals surface area contributed by atoms with Crippen LogP contribution in [0.25, 0.3) is 0 Å². The molecule has 1 unspecified atom stereocenters. The monoisotopic (exact) mass is 388 g/mol. The summed E-state index contributed by atoms with van der Waals surface area (Å²) in [6.07, 6.45) is 0. The molecule has 0 saturated carbocycles. The predicted octanol–water partition coefficient (Wildman–Crippen LogP) is 3.51. The number of rotatable bonds is 4. The van der Waals surface area contributed by atoms with Crippen LogP contribution in [0.4, 0.5) is 0 Å². The molecule has 0 aliphatic heterocycles. The van der Waals surface area contributed by atoms with Gasteiger partial charge in [-0.25, -0.2) is 5.43 Å². The highest BCUT2D eigenvalue weighted by molar-refractivity contribution is 14.1. The molecule has 0 aliphatic rings. The Morgan fingerprint density at radius 2 is 2.00 bits per heavy atom. The van der Waals surface area contributed by atoms with Crippen LogP contribution in [0.2, 0.25) is 5.02 Å². The van der Waals surface area contributed by atoms with E-state index in [1.165, 1.54) is 0 Å². The number of hydrogen-bond donors (Lipinski definition) is 2. The molecular weight excluding hydrogens is 375 g/mol. The average molecular weight is 389 g/mol. The first-order valence-electron chi connectivity index (χ1n) is 5.71. The molecule has 0 saturated heterocycles. The number of methoxy groups -OCH3 is 1. The van der Waals surface area contributed by atoms with Gasteiger partial charge in [0, 0.05) is 3.57 Å². The lowest BCUT2D eigenvalue weighted by Gasteiger charge is -2.19. The van der Waals surface area contributed by atoms with Crippen LogP contribution in [0.15, 0.2) is 42.5 Å². The molecule has 0 amide bonds. The summed E-state index contributed by atoms with van der Waals surface area (Å²) in [6.45, 7) is 0. The largest absolute Gasteiger partial charge is 0.495 e. The van der Waals surface area contributed by atoms with Gasteiger partial charge in [0.1, 0.15) is 5.75 Å². The number of benzene rings is 2. The van der Waals surface area contributed by atoms with E-state index < -0.39 is 0 Å². The van der Waals surface area contributed by atoms with Crippen LogP contribution in [-0.4, -0.2) is 7.11 Å². The SMILES string of the molecule is COc1cc(C(NN)c2ccccc2I)ccc1Cl. The summed E-state index contributed by atoms with van der Waals surface area (Å²) in [6, 6.07) is 13.7. The van der Waals surface area contributed by atoms with Gasteiger partial charge in [0.05, 0.1) is 18.2 Å². The standard InChI is InChI=1S/C14H14ClIN2O/c1-19-13-8-9(6-7-11(13)15)14(18-17)10-4-2-3-5-12(10)16/h2-8,14,18H,17H2,1H3. The number of nitrogens with two attached hydrogens (primary N) is 1. The Kier molecular flexibility index (Phi) is 5.04. The van der Waals surface area contributed by atoms with Crippen molar-refractivity contribution >= 4 is 34.2 Å². The Morgan fingerprint density at radius 3 is 2.63 bits per heavy atom. The molecule has 3 nitrogen and oxygen atoms in total. The number of ether oxygens (including phenoxy) is 1. The maximum atomic E-state index is 6.04. The first kappa shape index (κ1) is 14.6. The van der Waals surface area contributed by atoms with E-state index in [2.05, 4.69) is 28.0 Å². The van der Waals surface area contributed by atoms with Crippen LogP contribution in [0.3, 0.4) is 0 Å². The lowest BCUT2D eigenvalue weighted by Crippen LogP contribution is -2.29. The molecule has 0 fully saturated rings. The fourth-order valence-corrected chi connectivity index (χ4v) is 2.82. The highest BCUT2D eigenvalue weighted by Gasteiger charge is 2.16. The van der Waals surface area contributed by atoms with Gasteiger partial charge in [-0.15, -0.1) is 0 Å². The third-order valence-corrected chi connectivity index (χ3v) is 4.19. The van der Waals surface area contributed by atoms with Crippen LogP contribution >= 0.6 is 34.2 Å². The molecule has 2 aromatic carbocycles. The lowest BCUT2D eigenvalue weighted by molar-refractivity contribution is 0.414. The Bertz CT molecular complexity index is 577. The van der Waals surface area contributed by atoms with E-state index in [9.17, 15) is 0 Å². The van der Waals surface area contributed by atoms with Gasteiger partial charge in [0.15, 0.2) is 0 Å². The number of hydrazine groups is 1. The molecule has 0 aromatic heterocycles. The van der Waals surface area contributed by atoms with E-state index in [0.717, 1.165) is 14.7 Å². The maximum Gasteiger partial charge on any atom is 0.137 e. The first-order chi connectivity index (χ1) is 9.17. The van der Waals surface area contributed by atoms with Crippen LogP contribution in [0.1, 0.15) is 17.2 Å². The molecule has 0 aliphatic carbocycles. The van der Waals surface area contributed by atoms with E-state index in [0.29, 0.717) is 10.8 Å². The normalized spacial score (nSPS) is 12.2. The Labute approximate surface area is 131 Å². The fourth-order valence-electron chi connectivity index (χ4n) is 1.93. The minimum atomic E-state index is -0.0979. The van der Waals surface area contributed by atoms with E-state index in [4.69, 9.17) is 22.2 Å². The van der Waals surface area contributed by atoms with Crippen molar-refractivity contribution in [3.8, 4) is 5.75 Å². The third kappa shape index (κ3) is 3.20. The van der Waals surface area contributed by atoms with Gasteiger partial charge in [-0.1, -0.05) is 35.9 Å². The second-order valence-corrected chi connectivity index (χ2v) is 5.58.